The van der Waals surface area contributed by atoms with Crippen molar-refractivity contribution in [2.75, 3.05) is 7.05 Å². The van der Waals surface area contributed by atoms with Crippen molar-refractivity contribution in [2.45, 2.75) is 72.1 Å². The molecule has 0 heterocycles. The van der Waals surface area contributed by atoms with Gasteiger partial charge in [0.05, 0.1) is 6.04 Å². The number of ketones is 1. The molecule has 0 aromatic carbocycles. The van der Waals surface area contributed by atoms with Crippen LogP contribution in [0.5, 0.6) is 0 Å². The Labute approximate surface area is 126 Å². The summed E-state index contributed by atoms with van der Waals surface area (Å²) < 4.78 is 10.3. The molecule has 0 aromatic rings. The Morgan fingerprint density at radius 3 is 1.76 bits per heavy atom. The van der Waals surface area contributed by atoms with Gasteiger partial charge in [0, 0.05) is 7.05 Å². The quantitative estimate of drug-likeness (QED) is 0.589. The molecule has 0 aliphatic carbocycles. The summed E-state index contributed by atoms with van der Waals surface area (Å²) in [6, 6.07) is -0.757. The fourth-order valence-corrected chi connectivity index (χ4v) is 1.38. The molecule has 0 spiro atoms. The number of Topliss-reactive ketones (excluding diaryl/α,β-unsaturated/α-hetero) is 1. The largest absolute Gasteiger partial charge is 0.460 e. The SMILES string of the molecule is C[C@H](C(=O)CC(=O)OC(C)(C)C)N(C)C(=O)OC(C)(C)C. The Bertz CT molecular complexity index is 403. The summed E-state index contributed by atoms with van der Waals surface area (Å²) >= 11 is 0. The van der Waals surface area contributed by atoms with Gasteiger partial charge in [-0.3, -0.25) is 9.59 Å². The third-order valence-electron chi connectivity index (χ3n) is 2.47. The molecule has 0 rings (SSSR count). The van der Waals surface area contributed by atoms with Crippen LogP contribution >= 0.6 is 0 Å². The minimum Gasteiger partial charge on any atom is -0.460 e. The normalized spacial score (nSPS) is 13.3. The number of carbonyl (C=O) groups excluding carboxylic acids is 3. The first-order valence-electron chi connectivity index (χ1n) is 6.93. The first-order chi connectivity index (χ1) is 9.23. The molecule has 0 aliphatic rings. The maximum atomic E-state index is 12.0. The van der Waals surface area contributed by atoms with Crippen LogP contribution in [0.4, 0.5) is 4.79 Å². The highest BCUT2D eigenvalue weighted by Crippen LogP contribution is 2.13. The first kappa shape index (κ1) is 19.4. The first-order valence-corrected chi connectivity index (χ1v) is 6.93. The molecule has 6 heteroatoms. The lowest BCUT2D eigenvalue weighted by Crippen LogP contribution is -2.44. The van der Waals surface area contributed by atoms with Crippen LogP contribution in [0.25, 0.3) is 0 Å². The van der Waals surface area contributed by atoms with Crippen molar-refractivity contribution in [3.63, 3.8) is 0 Å². The lowest BCUT2D eigenvalue weighted by molar-refractivity contribution is -0.156. The molecule has 0 aromatic heterocycles. The van der Waals surface area contributed by atoms with E-state index in [0.29, 0.717) is 0 Å². The fourth-order valence-electron chi connectivity index (χ4n) is 1.38. The van der Waals surface area contributed by atoms with Gasteiger partial charge >= 0.3 is 12.1 Å². The molecular formula is C15H27NO5. The van der Waals surface area contributed by atoms with Crippen LogP contribution in [0.3, 0.4) is 0 Å². The number of hydrogen-bond acceptors (Lipinski definition) is 5. The van der Waals surface area contributed by atoms with Crippen molar-refractivity contribution in [1.82, 2.24) is 4.90 Å². The molecule has 0 radical (unpaired) electrons. The second kappa shape index (κ2) is 6.91. The number of nitrogens with zero attached hydrogens (tertiary/aromatic N) is 1. The molecule has 21 heavy (non-hydrogen) atoms. The molecule has 0 aliphatic heterocycles. The second-order valence-corrected chi connectivity index (χ2v) is 7.00. The lowest BCUT2D eigenvalue weighted by Gasteiger charge is -2.28. The number of carbonyl (C=O) groups is 3. The number of amides is 1. The van der Waals surface area contributed by atoms with Crippen LogP contribution in [0.2, 0.25) is 0 Å². The predicted molar refractivity (Wildman–Crippen MR) is 78.9 cm³/mol. The topological polar surface area (TPSA) is 72.9 Å². The zero-order chi connectivity index (χ0) is 17.0. The van der Waals surface area contributed by atoms with Crippen LogP contribution in [0, 0.1) is 0 Å². The molecule has 0 bridgehead atoms. The van der Waals surface area contributed by atoms with E-state index in [1.807, 2.05) is 0 Å². The predicted octanol–water partition coefficient (Wildman–Crippen LogP) is 2.54. The van der Waals surface area contributed by atoms with Crippen molar-refractivity contribution < 1.29 is 23.9 Å². The lowest BCUT2D eigenvalue weighted by atomic mass is 10.1. The van der Waals surface area contributed by atoms with E-state index in [0.717, 1.165) is 0 Å². The van der Waals surface area contributed by atoms with Gasteiger partial charge in [-0.25, -0.2) is 4.79 Å². The molecule has 122 valence electrons. The van der Waals surface area contributed by atoms with Gasteiger partial charge in [-0.2, -0.15) is 0 Å². The van der Waals surface area contributed by atoms with Gasteiger partial charge in [0.1, 0.15) is 17.6 Å². The Morgan fingerprint density at radius 1 is 0.952 bits per heavy atom. The third-order valence-corrected chi connectivity index (χ3v) is 2.47. The van der Waals surface area contributed by atoms with Crippen LogP contribution < -0.4 is 0 Å². The van der Waals surface area contributed by atoms with E-state index in [9.17, 15) is 14.4 Å². The number of ether oxygens (including phenoxy) is 2. The number of esters is 1. The van der Waals surface area contributed by atoms with Gasteiger partial charge in [0.2, 0.25) is 0 Å². The summed E-state index contributed by atoms with van der Waals surface area (Å²) in [5.41, 5.74) is -1.28. The Balaban J connectivity index is 4.57. The van der Waals surface area contributed by atoms with Crippen LogP contribution in [0.1, 0.15) is 54.9 Å². The Morgan fingerprint density at radius 2 is 1.38 bits per heavy atom. The zero-order valence-corrected chi connectivity index (χ0v) is 14.3. The summed E-state index contributed by atoms with van der Waals surface area (Å²) in [5.74, 6) is -0.991. The van der Waals surface area contributed by atoms with Crippen molar-refractivity contribution in [2.24, 2.45) is 0 Å². The zero-order valence-electron chi connectivity index (χ0n) is 14.3. The molecule has 0 saturated heterocycles. The number of hydrogen-bond donors (Lipinski definition) is 0. The molecule has 6 nitrogen and oxygen atoms in total. The van der Waals surface area contributed by atoms with E-state index in [1.165, 1.54) is 11.9 Å². The maximum absolute atomic E-state index is 12.0. The van der Waals surface area contributed by atoms with Gasteiger partial charge in [-0.1, -0.05) is 0 Å². The average molecular weight is 301 g/mol. The van der Waals surface area contributed by atoms with E-state index in [1.54, 1.807) is 48.5 Å². The summed E-state index contributed by atoms with van der Waals surface area (Å²) in [4.78, 5) is 36.7. The monoisotopic (exact) mass is 301 g/mol. The highest BCUT2D eigenvalue weighted by Gasteiger charge is 2.29. The van der Waals surface area contributed by atoms with Crippen molar-refractivity contribution >= 4 is 17.8 Å². The van der Waals surface area contributed by atoms with Crippen LogP contribution in [-0.2, 0) is 19.1 Å². The Hall–Kier alpha value is -1.59. The number of rotatable bonds is 4. The van der Waals surface area contributed by atoms with Crippen molar-refractivity contribution in [3.05, 3.63) is 0 Å². The Kier molecular flexibility index (Phi) is 6.39. The fraction of sp³-hybridized carbons (Fsp3) is 0.800. The van der Waals surface area contributed by atoms with Crippen LogP contribution in [0.15, 0.2) is 0 Å². The van der Waals surface area contributed by atoms with E-state index in [4.69, 9.17) is 9.47 Å². The minimum absolute atomic E-state index is 0.369. The molecule has 0 unspecified atom stereocenters. The molecular weight excluding hydrogens is 274 g/mol. The number of likely N-dealkylation sites (N-methyl/N-ethyl adjacent to an activating group) is 1. The summed E-state index contributed by atoms with van der Waals surface area (Å²) in [6.07, 6.45) is -0.974. The van der Waals surface area contributed by atoms with Gasteiger partial charge in [-0.05, 0) is 48.5 Å². The van der Waals surface area contributed by atoms with Gasteiger partial charge in [0.15, 0.2) is 5.78 Å². The van der Waals surface area contributed by atoms with Crippen molar-refractivity contribution in [1.29, 1.82) is 0 Å². The minimum atomic E-state index is -0.757. The summed E-state index contributed by atoms with van der Waals surface area (Å²) in [5, 5.41) is 0. The summed E-state index contributed by atoms with van der Waals surface area (Å²) in [6.45, 7) is 12.0. The van der Waals surface area contributed by atoms with Gasteiger partial charge in [-0.15, -0.1) is 0 Å². The third kappa shape index (κ3) is 8.32. The molecule has 0 N–H and O–H groups in total. The smallest absolute Gasteiger partial charge is 0.410 e. The summed E-state index contributed by atoms with van der Waals surface area (Å²) in [7, 11) is 1.46. The van der Waals surface area contributed by atoms with Gasteiger partial charge < -0.3 is 14.4 Å². The second-order valence-electron chi connectivity index (χ2n) is 7.00. The average Bonchev–Trinajstić information content (AvgIpc) is 2.21. The molecule has 0 fully saturated rings. The molecule has 0 saturated carbocycles. The van der Waals surface area contributed by atoms with E-state index >= 15 is 0 Å². The maximum Gasteiger partial charge on any atom is 0.410 e. The van der Waals surface area contributed by atoms with Crippen molar-refractivity contribution in [3.8, 4) is 0 Å². The highest BCUT2D eigenvalue weighted by molar-refractivity contribution is 5.99. The van der Waals surface area contributed by atoms with E-state index in [-0.39, 0.29) is 6.42 Å². The molecule has 1 atom stereocenters. The highest BCUT2D eigenvalue weighted by atomic mass is 16.6. The van der Waals surface area contributed by atoms with Gasteiger partial charge in [0.25, 0.3) is 0 Å². The van der Waals surface area contributed by atoms with Crippen LogP contribution in [-0.4, -0.2) is 47.0 Å². The molecule has 1 amide bonds. The standard InChI is InChI=1S/C15H27NO5/c1-10(16(8)13(19)21-15(5,6)7)11(17)9-12(18)20-14(2,3)4/h10H,9H2,1-8H3/t10-/m1/s1. The van der Waals surface area contributed by atoms with E-state index < -0.39 is 35.1 Å². The van der Waals surface area contributed by atoms with E-state index in [2.05, 4.69) is 0 Å².